The van der Waals surface area contributed by atoms with Crippen molar-refractivity contribution in [2.75, 3.05) is 11.1 Å². The maximum Gasteiger partial charge on any atom is 0.271 e. The predicted molar refractivity (Wildman–Crippen MR) is 122 cm³/mol. The van der Waals surface area contributed by atoms with Crippen LogP contribution >= 0.6 is 34.7 Å². The molecule has 2 aromatic carbocycles. The van der Waals surface area contributed by atoms with Gasteiger partial charge in [-0.1, -0.05) is 72.0 Å². The zero-order chi connectivity index (χ0) is 21.5. The molecule has 3 rings (SSSR count). The highest BCUT2D eigenvalue weighted by Gasteiger charge is 2.13. The van der Waals surface area contributed by atoms with Crippen LogP contribution in [-0.2, 0) is 11.2 Å². The second-order valence-electron chi connectivity index (χ2n) is 6.23. The minimum atomic E-state index is -0.480. The number of amides is 2. The lowest BCUT2D eigenvalue weighted by Crippen LogP contribution is -2.42. The first-order chi connectivity index (χ1) is 14.5. The molecule has 0 saturated carbocycles. The Morgan fingerprint density at radius 2 is 1.90 bits per heavy atom. The summed E-state index contributed by atoms with van der Waals surface area (Å²) in [5.41, 5.74) is 8.38. The fourth-order valence-corrected chi connectivity index (χ4v) is 4.41. The minimum Gasteiger partial charge on any atom is -0.330 e. The van der Waals surface area contributed by atoms with Crippen LogP contribution < -0.4 is 16.2 Å². The number of rotatable bonds is 7. The number of carbonyl (C=O) groups excluding carboxylic acids is 2. The molecule has 7 nitrogen and oxygen atoms in total. The molecule has 1 aromatic heterocycles. The number of halogens is 1. The molecule has 10 heteroatoms. The van der Waals surface area contributed by atoms with Crippen LogP contribution in [0.3, 0.4) is 0 Å². The molecule has 3 aromatic rings. The summed E-state index contributed by atoms with van der Waals surface area (Å²) in [6.45, 7) is 4.14. The van der Waals surface area contributed by atoms with Crippen LogP contribution in [-0.4, -0.2) is 27.8 Å². The van der Waals surface area contributed by atoms with Gasteiger partial charge in [0.1, 0.15) is 0 Å². The van der Waals surface area contributed by atoms with Gasteiger partial charge in [-0.25, -0.2) is 0 Å². The second-order valence-corrected chi connectivity index (χ2v) is 8.84. The third kappa shape index (κ3) is 5.71. The molecule has 0 spiro atoms. The Morgan fingerprint density at radius 1 is 1.10 bits per heavy atom. The lowest BCUT2D eigenvalue weighted by molar-refractivity contribution is -0.119. The number of nitrogens with zero attached hydrogens (tertiary/aromatic N) is 2. The van der Waals surface area contributed by atoms with Crippen molar-refractivity contribution in [3.05, 3.63) is 64.2 Å². The van der Waals surface area contributed by atoms with Gasteiger partial charge in [0, 0.05) is 5.69 Å². The SMILES string of the molecule is CCc1cccc(C)c1Nc1nnc(SCC(=O)NNC(=O)c2ccccc2Cl)s1. The summed E-state index contributed by atoms with van der Waals surface area (Å²) in [5.74, 6) is -0.759. The summed E-state index contributed by atoms with van der Waals surface area (Å²) in [7, 11) is 0. The molecule has 3 N–H and O–H groups in total. The van der Waals surface area contributed by atoms with E-state index in [-0.39, 0.29) is 17.2 Å². The Kier molecular flexibility index (Phi) is 7.67. The van der Waals surface area contributed by atoms with Crippen LogP contribution in [0.25, 0.3) is 0 Å². The van der Waals surface area contributed by atoms with Gasteiger partial charge < -0.3 is 5.32 Å². The average molecular weight is 462 g/mol. The Balaban J connectivity index is 1.50. The molecule has 2 amide bonds. The second kappa shape index (κ2) is 10.4. The molecule has 0 fully saturated rings. The molecule has 156 valence electrons. The molecule has 30 heavy (non-hydrogen) atoms. The van der Waals surface area contributed by atoms with Crippen LogP contribution in [0.15, 0.2) is 46.8 Å². The molecular weight excluding hydrogens is 442 g/mol. The number of para-hydroxylation sites is 1. The monoisotopic (exact) mass is 461 g/mol. The quantitative estimate of drug-likeness (QED) is 0.357. The lowest BCUT2D eigenvalue weighted by Gasteiger charge is -2.11. The fourth-order valence-electron chi connectivity index (χ4n) is 2.63. The van der Waals surface area contributed by atoms with E-state index in [1.807, 2.05) is 19.1 Å². The van der Waals surface area contributed by atoms with E-state index in [1.54, 1.807) is 24.3 Å². The predicted octanol–water partition coefficient (Wildman–Crippen LogP) is 4.36. The Labute approximate surface area is 187 Å². The lowest BCUT2D eigenvalue weighted by atomic mass is 10.1. The average Bonchev–Trinajstić information content (AvgIpc) is 3.19. The van der Waals surface area contributed by atoms with E-state index in [0.29, 0.717) is 14.5 Å². The van der Waals surface area contributed by atoms with E-state index in [2.05, 4.69) is 39.4 Å². The normalized spacial score (nSPS) is 10.5. The van der Waals surface area contributed by atoms with Gasteiger partial charge in [0.05, 0.1) is 16.3 Å². The number of aryl methyl sites for hydroxylation is 2. The largest absolute Gasteiger partial charge is 0.330 e. The third-order valence-electron chi connectivity index (χ3n) is 4.14. The third-order valence-corrected chi connectivity index (χ3v) is 6.44. The Morgan fingerprint density at radius 3 is 2.67 bits per heavy atom. The number of anilines is 2. The van der Waals surface area contributed by atoms with Gasteiger partial charge in [0.15, 0.2) is 4.34 Å². The fraction of sp³-hybridized carbons (Fsp3) is 0.200. The molecule has 0 aliphatic rings. The Bertz CT molecular complexity index is 1060. The molecule has 0 aliphatic carbocycles. The summed E-state index contributed by atoms with van der Waals surface area (Å²) < 4.78 is 0.650. The first kappa shape index (κ1) is 22.1. The summed E-state index contributed by atoms with van der Waals surface area (Å²) in [4.78, 5) is 24.1. The zero-order valence-corrected chi connectivity index (χ0v) is 18.7. The van der Waals surface area contributed by atoms with Crippen molar-refractivity contribution in [2.24, 2.45) is 0 Å². The number of thioether (sulfide) groups is 1. The van der Waals surface area contributed by atoms with E-state index in [1.165, 1.54) is 28.7 Å². The van der Waals surface area contributed by atoms with Crippen LogP contribution in [0.4, 0.5) is 10.8 Å². The number of hydrogen-bond acceptors (Lipinski definition) is 7. The highest BCUT2D eigenvalue weighted by molar-refractivity contribution is 8.01. The maximum absolute atomic E-state index is 12.1. The maximum atomic E-state index is 12.1. The van der Waals surface area contributed by atoms with Gasteiger partial charge >= 0.3 is 0 Å². The van der Waals surface area contributed by atoms with Crippen molar-refractivity contribution < 1.29 is 9.59 Å². The van der Waals surface area contributed by atoms with Crippen molar-refractivity contribution in [3.8, 4) is 0 Å². The number of benzene rings is 2. The zero-order valence-electron chi connectivity index (χ0n) is 16.4. The minimum absolute atomic E-state index is 0.0853. The smallest absolute Gasteiger partial charge is 0.271 e. The molecule has 0 radical (unpaired) electrons. The van der Waals surface area contributed by atoms with Crippen molar-refractivity contribution in [1.29, 1.82) is 0 Å². The molecular formula is C20H20ClN5O2S2. The highest BCUT2D eigenvalue weighted by atomic mass is 35.5. The summed E-state index contributed by atoms with van der Waals surface area (Å²) >= 11 is 8.57. The molecule has 0 aliphatic heterocycles. The van der Waals surface area contributed by atoms with Gasteiger partial charge in [0.25, 0.3) is 5.91 Å². The number of nitrogens with one attached hydrogen (secondary N) is 3. The van der Waals surface area contributed by atoms with Crippen molar-refractivity contribution >= 4 is 57.3 Å². The summed E-state index contributed by atoms with van der Waals surface area (Å²) in [6.07, 6.45) is 0.907. The van der Waals surface area contributed by atoms with Crippen LogP contribution in [0.1, 0.15) is 28.4 Å². The van der Waals surface area contributed by atoms with Gasteiger partial charge in [-0.05, 0) is 36.6 Å². The topological polar surface area (TPSA) is 96.0 Å². The number of aromatic nitrogens is 2. The standard InChI is InChI=1S/C20H20ClN5O2S2/c1-3-13-8-6-7-12(2)17(13)22-19-25-26-20(30-19)29-11-16(27)23-24-18(28)14-9-4-5-10-15(14)21/h4-10H,3,11H2,1-2H3,(H,22,25)(H,23,27)(H,24,28). The van der Waals surface area contributed by atoms with Gasteiger partial charge in [-0.15, -0.1) is 10.2 Å². The highest BCUT2D eigenvalue weighted by Crippen LogP contribution is 2.30. The van der Waals surface area contributed by atoms with Crippen LogP contribution in [0.2, 0.25) is 5.02 Å². The van der Waals surface area contributed by atoms with Crippen LogP contribution in [0.5, 0.6) is 0 Å². The van der Waals surface area contributed by atoms with Crippen molar-refractivity contribution in [2.45, 2.75) is 24.6 Å². The van der Waals surface area contributed by atoms with Crippen LogP contribution in [0, 0.1) is 6.92 Å². The van der Waals surface area contributed by atoms with E-state index < -0.39 is 5.91 Å². The van der Waals surface area contributed by atoms with E-state index >= 15 is 0 Å². The molecule has 0 bridgehead atoms. The number of carbonyl (C=O) groups is 2. The molecule has 0 unspecified atom stereocenters. The molecule has 1 heterocycles. The van der Waals surface area contributed by atoms with E-state index in [9.17, 15) is 9.59 Å². The molecule has 0 saturated heterocycles. The number of hydrazine groups is 1. The van der Waals surface area contributed by atoms with Crippen molar-refractivity contribution in [1.82, 2.24) is 21.0 Å². The summed E-state index contributed by atoms with van der Waals surface area (Å²) in [6, 6.07) is 12.8. The first-order valence-corrected chi connectivity index (χ1v) is 11.3. The summed E-state index contributed by atoms with van der Waals surface area (Å²) in [5, 5.41) is 12.6. The van der Waals surface area contributed by atoms with E-state index in [0.717, 1.165) is 17.7 Å². The first-order valence-electron chi connectivity index (χ1n) is 9.13. The number of hydrogen-bond donors (Lipinski definition) is 3. The van der Waals surface area contributed by atoms with E-state index in [4.69, 9.17) is 11.6 Å². The van der Waals surface area contributed by atoms with Gasteiger partial charge in [-0.2, -0.15) is 0 Å². The van der Waals surface area contributed by atoms with Crippen molar-refractivity contribution in [3.63, 3.8) is 0 Å². The molecule has 0 atom stereocenters. The Hall–Kier alpha value is -2.62. The van der Waals surface area contributed by atoms with Gasteiger partial charge in [0.2, 0.25) is 11.0 Å². The van der Waals surface area contributed by atoms with Gasteiger partial charge in [-0.3, -0.25) is 20.4 Å².